The zero-order chi connectivity index (χ0) is 13.7. The molecule has 0 amide bonds. The molecule has 1 aromatic rings. The molecule has 4 heteroatoms. The van der Waals surface area contributed by atoms with Crippen LogP contribution >= 0.6 is 0 Å². The van der Waals surface area contributed by atoms with Crippen LogP contribution in [0.25, 0.3) is 0 Å². The average molecular weight is 262 g/mol. The summed E-state index contributed by atoms with van der Waals surface area (Å²) in [5, 5.41) is 14.1. The van der Waals surface area contributed by atoms with E-state index in [1.165, 1.54) is 25.7 Å². The van der Waals surface area contributed by atoms with Crippen LogP contribution in [-0.2, 0) is 6.42 Å². The van der Waals surface area contributed by atoms with E-state index in [0.29, 0.717) is 6.04 Å². The Morgan fingerprint density at radius 3 is 2.58 bits per heavy atom. The number of nitrogens with zero attached hydrogens (tertiary/aromatic N) is 1. The second kappa shape index (κ2) is 6.66. The Morgan fingerprint density at radius 1 is 1.37 bits per heavy atom. The van der Waals surface area contributed by atoms with Crippen LogP contribution in [0.2, 0.25) is 0 Å². The minimum absolute atomic E-state index is 0.162. The number of rotatable bonds is 7. The van der Waals surface area contributed by atoms with Crippen molar-refractivity contribution in [1.29, 1.82) is 0 Å². The first kappa shape index (κ1) is 14.0. The topological polar surface area (TPSA) is 55.2 Å². The lowest BCUT2D eigenvalue weighted by atomic mass is 9.81. The third kappa shape index (κ3) is 4.31. The largest absolute Gasteiger partial charge is 0.314 e. The molecule has 4 nitrogen and oxygen atoms in total. The summed E-state index contributed by atoms with van der Waals surface area (Å²) < 4.78 is 0. The Hall–Kier alpha value is -1.42. The van der Waals surface area contributed by atoms with Crippen molar-refractivity contribution in [2.24, 2.45) is 5.92 Å². The lowest BCUT2D eigenvalue weighted by molar-refractivity contribution is -0.384. The van der Waals surface area contributed by atoms with Gasteiger partial charge in [0.1, 0.15) is 0 Å². The molecule has 1 aliphatic carbocycles. The maximum Gasteiger partial charge on any atom is 0.269 e. The maximum absolute atomic E-state index is 10.5. The molecule has 2 rings (SSSR count). The summed E-state index contributed by atoms with van der Waals surface area (Å²) in [6, 6.07) is 7.41. The third-order valence-corrected chi connectivity index (χ3v) is 3.97. The first-order valence-corrected chi connectivity index (χ1v) is 7.12. The number of hydrogen-bond donors (Lipinski definition) is 1. The fraction of sp³-hybridized carbons (Fsp3) is 0.600. The van der Waals surface area contributed by atoms with Crippen molar-refractivity contribution in [3.05, 3.63) is 39.9 Å². The van der Waals surface area contributed by atoms with Crippen LogP contribution < -0.4 is 5.32 Å². The molecule has 1 aromatic carbocycles. The Balaban J connectivity index is 1.68. The second-order valence-electron chi connectivity index (χ2n) is 5.56. The molecule has 0 aromatic heterocycles. The maximum atomic E-state index is 10.5. The monoisotopic (exact) mass is 262 g/mol. The van der Waals surface area contributed by atoms with Crippen LogP contribution in [0.15, 0.2) is 24.3 Å². The molecule has 1 unspecified atom stereocenters. The molecule has 1 fully saturated rings. The lowest BCUT2D eigenvalue weighted by Crippen LogP contribution is -2.31. The quantitative estimate of drug-likeness (QED) is 0.606. The Labute approximate surface area is 114 Å². The van der Waals surface area contributed by atoms with Crippen LogP contribution in [0.5, 0.6) is 0 Å². The van der Waals surface area contributed by atoms with Crippen LogP contribution in [0.3, 0.4) is 0 Å². The molecular weight excluding hydrogens is 240 g/mol. The molecule has 0 spiro atoms. The molecule has 0 aliphatic heterocycles. The van der Waals surface area contributed by atoms with Crippen LogP contribution in [0.1, 0.15) is 38.2 Å². The van der Waals surface area contributed by atoms with E-state index in [4.69, 9.17) is 0 Å². The van der Waals surface area contributed by atoms with E-state index in [-0.39, 0.29) is 10.6 Å². The normalized spacial score (nSPS) is 16.9. The van der Waals surface area contributed by atoms with Gasteiger partial charge in [0.25, 0.3) is 5.69 Å². The van der Waals surface area contributed by atoms with Gasteiger partial charge in [-0.15, -0.1) is 0 Å². The van der Waals surface area contributed by atoms with E-state index in [0.717, 1.165) is 24.4 Å². The highest BCUT2D eigenvalue weighted by Gasteiger charge is 2.19. The van der Waals surface area contributed by atoms with Gasteiger partial charge in [-0.3, -0.25) is 10.1 Å². The lowest BCUT2D eigenvalue weighted by Gasteiger charge is -2.28. The zero-order valence-corrected chi connectivity index (χ0v) is 11.5. The van der Waals surface area contributed by atoms with Gasteiger partial charge in [-0.2, -0.15) is 0 Å². The number of benzene rings is 1. The summed E-state index contributed by atoms with van der Waals surface area (Å²) in [7, 11) is 0. The van der Waals surface area contributed by atoms with Crippen molar-refractivity contribution in [3.8, 4) is 0 Å². The summed E-state index contributed by atoms with van der Waals surface area (Å²) in [5.41, 5.74) is 1.31. The van der Waals surface area contributed by atoms with Crippen LogP contribution in [0, 0.1) is 16.0 Å². The van der Waals surface area contributed by atoms with Crippen molar-refractivity contribution < 1.29 is 4.92 Å². The van der Waals surface area contributed by atoms with Crippen molar-refractivity contribution >= 4 is 5.69 Å². The van der Waals surface area contributed by atoms with Gasteiger partial charge < -0.3 is 5.32 Å². The van der Waals surface area contributed by atoms with Gasteiger partial charge in [-0.05, 0) is 37.8 Å². The summed E-state index contributed by atoms with van der Waals surface area (Å²) in [6.45, 7) is 3.18. The highest BCUT2D eigenvalue weighted by atomic mass is 16.6. The van der Waals surface area contributed by atoms with Crippen molar-refractivity contribution in [3.63, 3.8) is 0 Å². The van der Waals surface area contributed by atoms with Crippen LogP contribution in [-0.4, -0.2) is 17.5 Å². The van der Waals surface area contributed by atoms with Crippen molar-refractivity contribution in [2.75, 3.05) is 6.54 Å². The number of hydrogen-bond acceptors (Lipinski definition) is 3. The van der Waals surface area contributed by atoms with E-state index in [1.807, 2.05) is 12.1 Å². The van der Waals surface area contributed by atoms with Gasteiger partial charge in [0.15, 0.2) is 0 Å². The number of non-ortho nitro benzene ring substituents is 1. The standard InChI is InChI=1S/C15H22N2O2/c1-12(11-14-3-2-4-14)16-10-9-13-5-7-15(8-6-13)17(18)19/h5-8,12,14,16H,2-4,9-11H2,1H3. The van der Waals surface area contributed by atoms with Crippen molar-refractivity contribution in [1.82, 2.24) is 5.32 Å². The second-order valence-corrected chi connectivity index (χ2v) is 5.56. The summed E-state index contributed by atoms with van der Waals surface area (Å²) in [5.74, 6) is 0.932. The Bertz CT molecular complexity index is 413. The van der Waals surface area contributed by atoms with E-state index in [9.17, 15) is 10.1 Å². The fourth-order valence-electron chi connectivity index (χ4n) is 2.56. The predicted molar refractivity (Wildman–Crippen MR) is 76.2 cm³/mol. The van der Waals surface area contributed by atoms with E-state index < -0.39 is 0 Å². The third-order valence-electron chi connectivity index (χ3n) is 3.97. The molecule has 0 saturated heterocycles. The summed E-state index contributed by atoms with van der Waals surface area (Å²) >= 11 is 0. The Morgan fingerprint density at radius 2 is 2.05 bits per heavy atom. The SMILES string of the molecule is CC(CC1CCC1)NCCc1ccc([N+](=O)[O-])cc1. The zero-order valence-electron chi connectivity index (χ0n) is 11.5. The van der Waals surface area contributed by atoms with Gasteiger partial charge in [-0.25, -0.2) is 0 Å². The minimum atomic E-state index is -0.358. The molecule has 0 heterocycles. The molecular formula is C15H22N2O2. The molecule has 1 saturated carbocycles. The Kier molecular flexibility index (Phi) is 4.91. The molecule has 0 radical (unpaired) electrons. The van der Waals surface area contributed by atoms with E-state index in [1.54, 1.807) is 12.1 Å². The van der Waals surface area contributed by atoms with Gasteiger partial charge >= 0.3 is 0 Å². The molecule has 19 heavy (non-hydrogen) atoms. The van der Waals surface area contributed by atoms with E-state index in [2.05, 4.69) is 12.2 Å². The highest BCUT2D eigenvalue weighted by Crippen LogP contribution is 2.30. The van der Waals surface area contributed by atoms with Gasteiger partial charge in [0, 0.05) is 18.2 Å². The first-order valence-electron chi connectivity index (χ1n) is 7.12. The van der Waals surface area contributed by atoms with E-state index >= 15 is 0 Å². The van der Waals surface area contributed by atoms with Gasteiger partial charge in [0.05, 0.1) is 4.92 Å². The van der Waals surface area contributed by atoms with Gasteiger partial charge in [0.2, 0.25) is 0 Å². The summed E-state index contributed by atoms with van der Waals surface area (Å²) in [4.78, 5) is 10.2. The molecule has 1 aliphatic rings. The number of nitro benzene ring substituents is 1. The summed E-state index contributed by atoms with van der Waals surface area (Å²) in [6.07, 6.45) is 6.40. The molecule has 0 bridgehead atoms. The first-order chi connectivity index (χ1) is 9.15. The number of nitro groups is 1. The van der Waals surface area contributed by atoms with Gasteiger partial charge in [-0.1, -0.05) is 31.4 Å². The average Bonchev–Trinajstić information content (AvgIpc) is 2.34. The van der Waals surface area contributed by atoms with Crippen molar-refractivity contribution in [2.45, 2.75) is 45.1 Å². The molecule has 1 atom stereocenters. The molecule has 104 valence electrons. The highest BCUT2D eigenvalue weighted by molar-refractivity contribution is 5.32. The smallest absolute Gasteiger partial charge is 0.269 e. The van der Waals surface area contributed by atoms with Crippen LogP contribution in [0.4, 0.5) is 5.69 Å². The minimum Gasteiger partial charge on any atom is -0.314 e. The molecule has 1 N–H and O–H groups in total. The number of nitrogens with one attached hydrogen (secondary N) is 1. The predicted octanol–water partition coefficient (Wildman–Crippen LogP) is 3.31. The fourth-order valence-corrected chi connectivity index (χ4v) is 2.56.